The van der Waals surface area contributed by atoms with Gasteiger partial charge >= 0.3 is 0 Å². The zero-order valence-corrected chi connectivity index (χ0v) is 16.0. The summed E-state index contributed by atoms with van der Waals surface area (Å²) < 4.78 is 28.0. The molecule has 1 aromatic carbocycles. The van der Waals surface area contributed by atoms with Crippen molar-refractivity contribution in [3.05, 3.63) is 47.5 Å². The molecule has 2 aliphatic rings. The lowest BCUT2D eigenvalue weighted by Gasteiger charge is -2.39. The minimum absolute atomic E-state index is 0.116. The number of hydrogen-bond donors (Lipinski definition) is 2. The highest BCUT2D eigenvalue weighted by Gasteiger charge is 2.36. The molecule has 9 heteroatoms. The van der Waals surface area contributed by atoms with Gasteiger partial charge in [0.25, 0.3) is 5.91 Å². The molecule has 2 aromatic rings. The van der Waals surface area contributed by atoms with Gasteiger partial charge < -0.3 is 10.3 Å². The van der Waals surface area contributed by atoms with E-state index in [0.29, 0.717) is 31.7 Å². The first-order valence-corrected chi connectivity index (χ1v) is 10.6. The van der Waals surface area contributed by atoms with Crippen molar-refractivity contribution in [1.29, 1.82) is 0 Å². The van der Waals surface area contributed by atoms with Gasteiger partial charge in [0.05, 0.1) is 10.9 Å². The third-order valence-electron chi connectivity index (χ3n) is 5.34. The summed E-state index contributed by atoms with van der Waals surface area (Å²) in [7, 11) is -3.69. The maximum atomic E-state index is 13.2. The van der Waals surface area contributed by atoms with Gasteiger partial charge in [0, 0.05) is 44.1 Å². The van der Waals surface area contributed by atoms with E-state index in [-0.39, 0.29) is 16.8 Å². The van der Waals surface area contributed by atoms with E-state index >= 15 is 0 Å². The van der Waals surface area contributed by atoms with Crippen molar-refractivity contribution in [2.24, 2.45) is 0 Å². The number of aromatic nitrogens is 2. The molecule has 2 N–H and O–H groups in total. The molecule has 0 spiro atoms. The molecular formula is C18H23N5O3S. The predicted molar refractivity (Wildman–Crippen MR) is 99.8 cm³/mol. The van der Waals surface area contributed by atoms with Crippen LogP contribution >= 0.6 is 0 Å². The third kappa shape index (κ3) is 3.26. The second-order valence-electron chi connectivity index (χ2n) is 6.81. The van der Waals surface area contributed by atoms with Crippen molar-refractivity contribution in [1.82, 2.24) is 24.5 Å². The number of fused-ring (bicyclic) bond motifs is 1. The van der Waals surface area contributed by atoms with Gasteiger partial charge in [0.1, 0.15) is 5.82 Å². The van der Waals surface area contributed by atoms with Crippen LogP contribution in [-0.2, 0) is 16.4 Å². The van der Waals surface area contributed by atoms with E-state index in [1.165, 1.54) is 10.4 Å². The van der Waals surface area contributed by atoms with Gasteiger partial charge in [-0.15, -0.1) is 0 Å². The third-order valence-corrected chi connectivity index (χ3v) is 7.20. The number of amides is 1. The van der Waals surface area contributed by atoms with Crippen LogP contribution in [0.1, 0.15) is 34.7 Å². The number of piperazine rings is 1. The van der Waals surface area contributed by atoms with Crippen molar-refractivity contribution in [3.63, 3.8) is 0 Å². The first-order valence-electron chi connectivity index (χ1n) is 9.15. The number of nitrogens with one attached hydrogen (secondary N) is 2. The standard InChI is InChI=1S/C18H23N5O3S/c1-2-22-9-10-23(12-16(22)17-19-7-8-20-17)27(25,26)14-4-3-13-5-6-21-18(24)15(13)11-14/h3-4,7-8,11,16H,2,5-6,9-10,12H2,1H3,(H,19,20)(H,21,24)/t16-/m1/s1. The summed E-state index contributed by atoms with van der Waals surface area (Å²) >= 11 is 0. The highest BCUT2D eigenvalue weighted by Crippen LogP contribution is 2.28. The van der Waals surface area contributed by atoms with Gasteiger partial charge in [-0.25, -0.2) is 13.4 Å². The Morgan fingerprint density at radius 3 is 2.89 bits per heavy atom. The summed E-state index contributed by atoms with van der Waals surface area (Å²) in [5.41, 5.74) is 1.35. The fourth-order valence-electron chi connectivity index (χ4n) is 3.81. The lowest BCUT2D eigenvalue weighted by atomic mass is 10.0. The second kappa shape index (κ2) is 7.06. The van der Waals surface area contributed by atoms with Crippen molar-refractivity contribution in [3.8, 4) is 0 Å². The van der Waals surface area contributed by atoms with Gasteiger partial charge in [0.15, 0.2) is 0 Å². The van der Waals surface area contributed by atoms with Crippen LogP contribution in [0.15, 0.2) is 35.5 Å². The Morgan fingerprint density at radius 2 is 2.15 bits per heavy atom. The van der Waals surface area contributed by atoms with Gasteiger partial charge in [0.2, 0.25) is 10.0 Å². The summed E-state index contributed by atoms with van der Waals surface area (Å²) in [6.07, 6.45) is 4.15. The number of carbonyl (C=O) groups excluding carboxylic acids is 1. The van der Waals surface area contributed by atoms with E-state index in [1.807, 2.05) is 0 Å². The first-order chi connectivity index (χ1) is 13.0. The fraction of sp³-hybridized carbons (Fsp3) is 0.444. The first kappa shape index (κ1) is 18.1. The van der Waals surface area contributed by atoms with E-state index in [4.69, 9.17) is 0 Å². The molecule has 0 unspecified atom stereocenters. The number of imidazole rings is 1. The Labute approximate surface area is 158 Å². The molecule has 0 radical (unpaired) electrons. The number of hydrogen-bond acceptors (Lipinski definition) is 5. The molecular weight excluding hydrogens is 366 g/mol. The minimum Gasteiger partial charge on any atom is -0.352 e. The Bertz CT molecular complexity index is 942. The van der Waals surface area contributed by atoms with Crippen LogP contribution in [0, 0.1) is 0 Å². The molecule has 1 aromatic heterocycles. The van der Waals surface area contributed by atoms with E-state index in [1.54, 1.807) is 24.5 Å². The molecule has 1 saturated heterocycles. The SMILES string of the molecule is CCN1CCN(S(=O)(=O)c2ccc3c(c2)C(=O)NCC3)C[C@@H]1c1ncc[nH]1. The molecule has 2 aliphatic heterocycles. The summed E-state index contributed by atoms with van der Waals surface area (Å²) in [6, 6.07) is 4.76. The maximum absolute atomic E-state index is 13.2. The predicted octanol–water partition coefficient (Wildman–Crippen LogP) is 0.763. The lowest BCUT2D eigenvalue weighted by molar-refractivity contribution is 0.0945. The normalized spacial score (nSPS) is 21.7. The highest BCUT2D eigenvalue weighted by molar-refractivity contribution is 7.89. The van der Waals surface area contributed by atoms with Crippen molar-refractivity contribution >= 4 is 15.9 Å². The number of carbonyl (C=O) groups is 1. The summed E-state index contributed by atoms with van der Waals surface area (Å²) in [5.74, 6) is 0.555. The van der Waals surface area contributed by atoms with Crippen molar-refractivity contribution in [2.75, 3.05) is 32.7 Å². The number of H-pyrrole nitrogens is 1. The summed E-state index contributed by atoms with van der Waals surface area (Å²) in [4.78, 5) is 21.9. The molecule has 1 amide bonds. The van der Waals surface area contributed by atoms with E-state index in [2.05, 4.69) is 27.1 Å². The number of aromatic amines is 1. The van der Waals surface area contributed by atoms with Crippen LogP contribution in [-0.4, -0.2) is 66.2 Å². The van der Waals surface area contributed by atoms with Gasteiger partial charge in [-0.1, -0.05) is 13.0 Å². The van der Waals surface area contributed by atoms with E-state index in [0.717, 1.165) is 24.4 Å². The Morgan fingerprint density at radius 1 is 1.30 bits per heavy atom. The molecule has 8 nitrogen and oxygen atoms in total. The summed E-state index contributed by atoms with van der Waals surface area (Å²) in [5, 5.41) is 2.77. The number of rotatable bonds is 4. The fourth-order valence-corrected chi connectivity index (χ4v) is 5.28. The maximum Gasteiger partial charge on any atom is 0.251 e. The molecule has 144 valence electrons. The number of likely N-dealkylation sites (N-methyl/N-ethyl adjacent to an activating group) is 1. The van der Waals surface area contributed by atoms with Crippen LogP contribution in [0.4, 0.5) is 0 Å². The Hall–Kier alpha value is -2.23. The van der Waals surface area contributed by atoms with Gasteiger partial charge in [-0.2, -0.15) is 4.31 Å². The van der Waals surface area contributed by atoms with E-state index < -0.39 is 10.0 Å². The average Bonchev–Trinajstić information content (AvgIpc) is 3.22. The zero-order chi connectivity index (χ0) is 19.0. The van der Waals surface area contributed by atoms with E-state index in [9.17, 15) is 13.2 Å². The lowest BCUT2D eigenvalue weighted by Crippen LogP contribution is -2.50. The van der Waals surface area contributed by atoms with Crippen LogP contribution in [0.5, 0.6) is 0 Å². The molecule has 1 fully saturated rings. The van der Waals surface area contributed by atoms with Crippen LogP contribution < -0.4 is 5.32 Å². The number of benzene rings is 1. The molecule has 27 heavy (non-hydrogen) atoms. The Balaban J connectivity index is 1.64. The minimum atomic E-state index is -3.69. The van der Waals surface area contributed by atoms with Gasteiger partial charge in [-0.3, -0.25) is 9.69 Å². The quantitative estimate of drug-likeness (QED) is 0.805. The topological polar surface area (TPSA) is 98.4 Å². The van der Waals surface area contributed by atoms with Gasteiger partial charge in [-0.05, 0) is 30.7 Å². The number of sulfonamides is 1. The summed E-state index contributed by atoms with van der Waals surface area (Å²) in [6.45, 7) is 4.83. The molecule has 0 saturated carbocycles. The van der Waals surface area contributed by atoms with Crippen LogP contribution in [0.25, 0.3) is 0 Å². The Kier molecular flexibility index (Phi) is 4.75. The second-order valence-corrected chi connectivity index (χ2v) is 8.74. The molecule has 4 rings (SSSR count). The highest BCUT2D eigenvalue weighted by atomic mass is 32.2. The zero-order valence-electron chi connectivity index (χ0n) is 15.2. The van der Waals surface area contributed by atoms with Crippen LogP contribution in [0.3, 0.4) is 0 Å². The molecule has 1 atom stereocenters. The van der Waals surface area contributed by atoms with Crippen molar-refractivity contribution < 1.29 is 13.2 Å². The van der Waals surface area contributed by atoms with Crippen LogP contribution in [0.2, 0.25) is 0 Å². The largest absolute Gasteiger partial charge is 0.352 e. The molecule has 3 heterocycles. The molecule has 0 bridgehead atoms. The monoisotopic (exact) mass is 389 g/mol. The smallest absolute Gasteiger partial charge is 0.251 e. The number of nitrogens with zero attached hydrogens (tertiary/aromatic N) is 3. The van der Waals surface area contributed by atoms with Crippen molar-refractivity contribution in [2.45, 2.75) is 24.3 Å². The average molecular weight is 389 g/mol. The molecule has 0 aliphatic carbocycles.